The van der Waals surface area contributed by atoms with Crippen molar-refractivity contribution in [2.75, 3.05) is 7.11 Å². The van der Waals surface area contributed by atoms with Gasteiger partial charge in [-0.15, -0.1) is 0 Å². The van der Waals surface area contributed by atoms with Crippen LogP contribution in [0.4, 0.5) is 0 Å². The minimum absolute atomic E-state index is 0.0985. The highest BCUT2D eigenvalue weighted by atomic mass is 16.6. The lowest BCUT2D eigenvalue weighted by Crippen LogP contribution is -2.00. The van der Waals surface area contributed by atoms with Gasteiger partial charge in [-0.25, -0.2) is 5.90 Å². The van der Waals surface area contributed by atoms with Crippen LogP contribution < -0.4 is 10.6 Å². The predicted octanol–water partition coefficient (Wildman–Crippen LogP) is 0.663. The molecule has 5 heteroatoms. The second-order valence-corrected chi connectivity index (χ2v) is 2.62. The van der Waals surface area contributed by atoms with Crippen LogP contribution in [0.25, 0.3) is 0 Å². The number of aromatic hydroxyl groups is 1. The van der Waals surface area contributed by atoms with E-state index in [4.69, 9.17) is 15.9 Å². The Morgan fingerprint density at radius 3 is 2.79 bits per heavy atom. The van der Waals surface area contributed by atoms with Crippen LogP contribution in [-0.4, -0.2) is 12.2 Å². The van der Waals surface area contributed by atoms with Gasteiger partial charge < -0.3 is 9.84 Å². The molecule has 0 amide bonds. The standard InChI is InChI=1S/C9H10N2O3/c1-13-9-7(4-10)2-6(5-14-11)3-8(9)12/h2-3,12H,5,11H2,1H3. The minimum Gasteiger partial charge on any atom is -0.504 e. The molecule has 5 nitrogen and oxygen atoms in total. The van der Waals surface area contributed by atoms with Crippen molar-refractivity contribution >= 4 is 0 Å². The highest BCUT2D eigenvalue weighted by molar-refractivity contribution is 5.53. The number of nitriles is 1. The average Bonchev–Trinajstić information content (AvgIpc) is 2.17. The lowest BCUT2D eigenvalue weighted by atomic mass is 10.1. The van der Waals surface area contributed by atoms with E-state index >= 15 is 0 Å². The van der Waals surface area contributed by atoms with E-state index in [1.54, 1.807) is 6.07 Å². The van der Waals surface area contributed by atoms with E-state index in [0.29, 0.717) is 5.56 Å². The summed E-state index contributed by atoms with van der Waals surface area (Å²) in [5, 5.41) is 18.2. The smallest absolute Gasteiger partial charge is 0.178 e. The average molecular weight is 194 g/mol. The fourth-order valence-electron chi connectivity index (χ4n) is 1.15. The number of hydrogen-bond acceptors (Lipinski definition) is 5. The van der Waals surface area contributed by atoms with Crippen molar-refractivity contribution in [1.29, 1.82) is 5.26 Å². The first-order valence-electron chi connectivity index (χ1n) is 3.84. The zero-order valence-corrected chi connectivity index (χ0v) is 7.65. The Hall–Kier alpha value is -1.77. The third-order valence-corrected chi connectivity index (χ3v) is 1.70. The quantitative estimate of drug-likeness (QED) is 0.690. The normalized spacial score (nSPS) is 9.50. The molecule has 0 atom stereocenters. The molecular weight excluding hydrogens is 184 g/mol. The molecule has 0 spiro atoms. The molecule has 0 bridgehead atoms. The van der Waals surface area contributed by atoms with Crippen molar-refractivity contribution in [1.82, 2.24) is 0 Å². The lowest BCUT2D eigenvalue weighted by Gasteiger charge is -2.07. The molecule has 0 heterocycles. The Bertz CT molecular complexity index is 371. The lowest BCUT2D eigenvalue weighted by molar-refractivity contribution is 0.124. The number of nitrogens with two attached hydrogens (primary N) is 1. The van der Waals surface area contributed by atoms with Gasteiger partial charge in [0, 0.05) is 0 Å². The van der Waals surface area contributed by atoms with Gasteiger partial charge in [-0.2, -0.15) is 5.26 Å². The Morgan fingerprint density at radius 2 is 2.29 bits per heavy atom. The number of phenols is 1. The SMILES string of the molecule is COc1c(O)cc(CON)cc1C#N. The summed E-state index contributed by atoms with van der Waals surface area (Å²) in [5.74, 6) is 4.94. The maximum Gasteiger partial charge on any atom is 0.178 e. The number of nitrogens with zero attached hydrogens (tertiary/aromatic N) is 1. The Balaban J connectivity index is 3.19. The maximum atomic E-state index is 9.46. The van der Waals surface area contributed by atoms with Crippen molar-refractivity contribution in [3.8, 4) is 17.6 Å². The monoisotopic (exact) mass is 194 g/mol. The molecule has 0 aromatic heterocycles. The van der Waals surface area contributed by atoms with Crippen molar-refractivity contribution < 1.29 is 14.7 Å². The van der Waals surface area contributed by atoms with E-state index in [-0.39, 0.29) is 23.7 Å². The van der Waals surface area contributed by atoms with Gasteiger partial charge in [0.15, 0.2) is 11.5 Å². The largest absolute Gasteiger partial charge is 0.504 e. The summed E-state index contributed by atoms with van der Waals surface area (Å²) in [7, 11) is 1.38. The molecule has 0 radical (unpaired) electrons. The highest BCUT2D eigenvalue weighted by Gasteiger charge is 2.10. The van der Waals surface area contributed by atoms with Gasteiger partial charge >= 0.3 is 0 Å². The van der Waals surface area contributed by atoms with Crippen LogP contribution in [0, 0.1) is 11.3 Å². The summed E-state index contributed by atoms with van der Waals surface area (Å²) in [5.41, 5.74) is 0.863. The topological polar surface area (TPSA) is 88.5 Å². The number of benzene rings is 1. The van der Waals surface area contributed by atoms with Crippen LogP contribution in [0.15, 0.2) is 12.1 Å². The van der Waals surface area contributed by atoms with Gasteiger partial charge in [0.1, 0.15) is 6.07 Å². The fraction of sp³-hybridized carbons (Fsp3) is 0.222. The summed E-state index contributed by atoms with van der Waals surface area (Å²) in [4.78, 5) is 4.39. The van der Waals surface area contributed by atoms with Gasteiger partial charge in [-0.05, 0) is 17.7 Å². The van der Waals surface area contributed by atoms with Crippen LogP contribution >= 0.6 is 0 Å². The first-order valence-corrected chi connectivity index (χ1v) is 3.84. The molecule has 1 aromatic rings. The van der Waals surface area contributed by atoms with Crippen LogP contribution in [-0.2, 0) is 11.4 Å². The first-order chi connectivity index (χ1) is 6.72. The Kier molecular flexibility index (Phi) is 3.29. The van der Waals surface area contributed by atoms with Crippen molar-refractivity contribution in [3.05, 3.63) is 23.3 Å². The number of ether oxygens (including phenoxy) is 1. The fourth-order valence-corrected chi connectivity index (χ4v) is 1.15. The molecule has 0 aliphatic rings. The second-order valence-electron chi connectivity index (χ2n) is 2.62. The van der Waals surface area contributed by atoms with E-state index in [1.807, 2.05) is 6.07 Å². The van der Waals surface area contributed by atoms with Crippen LogP contribution in [0.2, 0.25) is 0 Å². The van der Waals surface area contributed by atoms with E-state index in [0.717, 1.165) is 0 Å². The van der Waals surface area contributed by atoms with Gasteiger partial charge in [0.05, 0.1) is 19.3 Å². The van der Waals surface area contributed by atoms with Crippen molar-refractivity contribution in [2.45, 2.75) is 6.61 Å². The third kappa shape index (κ3) is 1.93. The van der Waals surface area contributed by atoms with Crippen LogP contribution in [0.1, 0.15) is 11.1 Å². The molecule has 3 N–H and O–H groups in total. The van der Waals surface area contributed by atoms with E-state index in [2.05, 4.69) is 4.84 Å². The number of phenolic OH excluding ortho intramolecular Hbond substituents is 1. The molecule has 0 fully saturated rings. The second kappa shape index (κ2) is 4.46. The Morgan fingerprint density at radius 1 is 1.57 bits per heavy atom. The summed E-state index contributed by atoms with van der Waals surface area (Å²) in [6.45, 7) is 0.131. The number of methoxy groups -OCH3 is 1. The Labute approximate surface area is 81.2 Å². The van der Waals surface area contributed by atoms with Gasteiger partial charge in [0.2, 0.25) is 0 Å². The summed E-state index contributed by atoms with van der Waals surface area (Å²) >= 11 is 0. The summed E-state index contributed by atoms with van der Waals surface area (Å²) in [6.07, 6.45) is 0. The van der Waals surface area contributed by atoms with Crippen molar-refractivity contribution in [2.24, 2.45) is 5.90 Å². The van der Waals surface area contributed by atoms with Gasteiger partial charge in [-0.3, -0.25) is 4.84 Å². The van der Waals surface area contributed by atoms with Gasteiger partial charge in [-0.1, -0.05) is 0 Å². The zero-order valence-electron chi connectivity index (χ0n) is 7.65. The van der Waals surface area contributed by atoms with Gasteiger partial charge in [0.25, 0.3) is 0 Å². The van der Waals surface area contributed by atoms with E-state index in [9.17, 15) is 5.11 Å². The minimum atomic E-state index is -0.0985. The molecule has 1 rings (SSSR count). The number of hydrogen-bond donors (Lipinski definition) is 2. The molecular formula is C9H10N2O3. The van der Waals surface area contributed by atoms with Crippen molar-refractivity contribution in [3.63, 3.8) is 0 Å². The molecule has 0 unspecified atom stereocenters. The highest BCUT2D eigenvalue weighted by Crippen LogP contribution is 2.31. The zero-order chi connectivity index (χ0) is 10.6. The summed E-state index contributed by atoms with van der Waals surface area (Å²) in [6, 6.07) is 4.89. The maximum absolute atomic E-state index is 9.46. The third-order valence-electron chi connectivity index (χ3n) is 1.70. The first kappa shape index (κ1) is 10.3. The van der Waals surface area contributed by atoms with Crippen LogP contribution in [0.3, 0.4) is 0 Å². The van der Waals surface area contributed by atoms with Crippen LogP contribution in [0.5, 0.6) is 11.5 Å². The molecule has 1 aromatic carbocycles. The molecule has 14 heavy (non-hydrogen) atoms. The molecule has 0 saturated heterocycles. The molecule has 0 aliphatic heterocycles. The number of rotatable bonds is 3. The summed E-state index contributed by atoms with van der Waals surface area (Å²) < 4.78 is 4.86. The molecule has 0 saturated carbocycles. The molecule has 0 aliphatic carbocycles. The van der Waals surface area contributed by atoms with E-state index in [1.165, 1.54) is 13.2 Å². The predicted molar refractivity (Wildman–Crippen MR) is 48.4 cm³/mol. The van der Waals surface area contributed by atoms with E-state index < -0.39 is 0 Å². The molecule has 74 valence electrons.